The lowest BCUT2D eigenvalue weighted by Crippen LogP contribution is -2.38. The normalized spacial score (nSPS) is 16.0. The number of pyridine rings is 1. The van der Waals surface area contributed by atoms with E-state index in [9.17, 15) is 14.9 Å². The molecule has 2 atom stereocenters. The maximum atomic E-state index is 12.6. The highest BCUT2D eigenvalue weighted by Crippen LogP contribution is 2.32. The third kappa shape index (κ3) is 4.12. The number of halogens is 1. The zero-order chi connectivity index (χ0) is 18.0. The van der Waals surface area contributed by atoms with E-state index in [4.69, 9.17) is 11.6 Å². The van der Waals surface area contributed by atoms with Gasteiger partial charge in [0.1, 0.15) is 0 Å². The molecule has 1 aromatic heterocycles. The second-order valence-electron chi connectivity index (χ2n) is 5.98. The lowest BCUT2D eigenvalue weighted by atomic mass is 10.0. The summed E-state index contributed by atoms with van der Waals surface area (Å²) in [6, 6.07) is 9.15. The highest BCUT2D eigenvalue weighted by molar-refractivity contribution is 8.00. The van der Waals surface area contributed by atoms with Gasteiger partial charge in [-0.3, -0.25) is 14.6 Å². The number of aromatic nitrogens is 1. The number of rotatable bonds is 6. The Morgan fingerprint density at radius 1 is 1.40 bits per heavy atom. The Bertz CT molecular complexity index is 876. The van der Waals surface area contributed by atoms with Crippen molar-refractivity contribution in [2.75, 3.05) is 0 Å². The summed E-state index contributed by atoms with van der Waals surface area (Å²) in [5.74, 6) is -2.15. The number of Topliss-reactive ketones (excluding diaryl/α,β-unsaturated/α-hetero) is 1. The molecule has 7 heteroatoms. The topological polar surface area (TPSA) is 82.8 Å². The zero-order valence-corrected chi connectivity index (χ0v) is 15.1. The predicted octanol–water partition coefficient (Wildman–Crippen LogP) is 3.36. The Morgan fingerprint density at radius 3 is 2.84 bits per heavy atom. The van der Waals surface area contributed by atoms with Crippen LogP contribution in [-0.2, 0) is 9.59 Å². The first-order valence-electron chi connectivity index (χ1n) is 7.94. The predicted molar refractivity (Wildman–Crippen MR) is 97.3 cm³/mol. The number of hydrogen-bond donors (Lipinski definition) is 1. The van der Waals surface area contributed by atoms with Gasteiger partial charge in [-0.05, 0) is 38.0 Å². The first kappa shape index (κ1) is 17.7. The van der Waals surface area contributed by atoms with Gasteiger partial charge in [-0.15, -0.1) is 11.8 Å². The van der Waals surface area contributed by atoms with Gasteiger partial charge >= 0.3 is 0 Å². The molecule has 128 valence electrons. The van der Waals surface area contributed by atoms with Crippen molar-refractivity contribution in [3.63, 3.8) is 0 Å². The molecule has 1 fully saturated rings. The maximum absolute atomic E-state index is 12.6. The molecule has 0 aliphatic heterocycles. The molecule has 1 aliphatic carbocycles. The third-order valence-electron chi connectivity index (χ3n) is 3.97. The average molecular weight is 374 g/mol. The van der Waals surface area contributed by atoms with Crippen molar-refractivity contribution in [1.82, 2.24) is 10.3 Å². The highest BCUT2D eigenvalue weighted by atomic mass is 35.5. The van der Waals surface area contributed by atoms with Gasteiger partial charge < -0.3 is 5.32 Å². The average Bonchev–Trinajstić information content (AvgIpc) is 3.39. The summed E-state index contributed by atoms with van der Waals surface area (Å²) in [6.07, 6.45) is 3.47. The van der Waals surface area contributed by atoms with Gasteiger partial charge in [0.15, 0.2) is 11.7 Å². The van der Waals surface area contributed by atoms with Gasteiger partial charge in [0, 0.05) is 27.5 Å². The third-order valence-corrected chi connectivity index (χ3v) is 5.40. The molecular weight excluding hydrogens is 358 g/mol. The molecule has 1 aliphatic rings. The van der Waals surface area contributed by atoms with Gasteiger partial charge in [-0.1, -0.05) is 17.7 Å². The lowest BCUT2D eigenvalue weighted by Gasteiger charge is -2.15. The Morgan fingerprint density at radius 2 is 2.16 bits per heavy atom. The number of carbonyl (C=O) groups is 2. The Kier molecular flexibility index (Phi) is 5.26. The molecule has 3 rings (SSSR count). The highest BCUT2D eigenvalue weighted by Gasteiger charge is 2.34. The quantitative estimate of drug-likeness (QED) is 0.620. The van der Waals surface area contributed by atoms with E-state index in [0.29, 0.717) is 5.02 Å². The van der Waals surface area contributed by atoms with Crippen LogP contribution in [-0.4, -0.2) is 28.0 Å². The molecule has 0 saturated heterocycles. The van der Waals surface area contributed by atoms with Gasteiger partial charge in [0.25, 0.3) is 0 Å². The van der Waals surface area contributed by atoms with Gasteiger partial charge in [0.05, 0.1) is 16.8 Å². The summed E-state index contributed by atoms with van der Waals surface area (Å²) in [4.78, 5) is 29.8. The molecule has 5 nitrogen and oxygen atoms in total. The van der Waals surface area contributed by atoms with E-state index >= 15 is 0 Å². The van der Waals surface area contributed by atoms with Crippen molar-refractivity contribution < 1.29 is 9.59 Å². The molecule has 1 heterocycles. The van der Waals surface area contributed by atoms with Gasteiger partial charge in [-0.25, -0.2) is 0 Å². The number of nitrogens with one attached hydrogen (secondary N) is 1. The molecule has 1 aromatic carbocycles. The summed E-state index contributed by atoms with van der Waals surface area (Å²) in [5, 5.41) is 12.9. The van der Waals surface area contributed by atoms with Crippen molar-refractivity contribution in [3.05, 3.63) is 35.5 Å². The zero-order valence-electron chi connectivity index (χ0n) is 13.5. The fraction of sp³-hybridized carbons (Fsp3) is 0.333. The van der Waals surface area contributed by atoms with Crippen molar-refractivity contribution >= 4 is 46.0 Å². The molecule has 0 bridgehead atoms. The molecule has 25 heavy (non-hydrogen) atoms. The molecule has 1 amide bonds. The molecule has 1 N–H and O–H groups in total. The van der Waals surface area contributed by atoms with Crippen molar-refractivity contribution in [1.29, 1.82) is 5.26 Å². The van der Waals surface area contributed by atoms with Gasteiger partial charge in [0.2, 0.25) is 5.91 Å². The molecule has 0 radical (unpaired) electrons. The number of ketones is 1. The van der Waals surface area contributed by atoms with Crippen molar-refractivity contribution in [3.8, 4) is 6.07 Å². The largest absolute Gasteiger partial charge is 0.352 e. The second kappa shape index (κ2) is 7.42. The monoisotopic (exact) mass is 373 g/mol. The summed E-state index contributed by atoms with van der Waals surface area (Å²) in [5.41, 5.74) is 0.737. The van der Waals surface area contributed by atoms with E-state index in [1.54, 1.807) is 25.3 Å². The molecular formula is C18H16ClN3O2S. The van der Waals surface area contributed by atoms with Crippen LogP contribution in [0.2, 0.25) is 5.02 Å². The van der Waals surface area contributed by atoms with Crippen LogP contribution in [0.5, 0.6) is 0 Å². The summed E-state index contributed by atoms with van der Waals surface area (Å²) in [7, 11) is 0. The fourth-order valence-corrected chi connectivity index (χ4v) is 3.68. The second-order valence-corrected chi connectivity index (χ2v) is 7.80. The molecule has 0 unspecified atom stereocenters. The Balaban J connectivity index is 1.76. The Labute approximate surface area is 154 Å². The van der Waals surface area contributed by atoms with Crippen LogP contribution in [0.15, 0.2) is 35.4 Å². The lowest BCUT2D eigenvalue weighted by molar-refractivity contribution is -0.131. The minimum Gasteiger partial charge on any atom is -0.352 e. The number of carbonyl (C=O) groups excluding carboxylic acids is 2. The van der Waals surface area contributed by atoms with E-state index in [1.807, 2.05) is 18.2 Å². The molecule has 2 aromatic rings. The maximum Gasteiger partial charge on any atom is 0.245 e. The minimum absolute atomic E-state index is 0.119. The van der Waals surface area contributed by atoms with E-state index in [1.165, 1.54) is 11.8 Å². The fourth-order valence-electron chi connectivity index (χ4n) is 2.44. The first-order chi connectivity index (χ1) is 12.0. The standard InChI is InChI=1S/C18H16ClN3O2S/c1-10(17(23)14(9-20)18(24)22-12-3-4-12)25-16-6-7-21-15-8-11(19)2-5-13(15)16/h2,5-8,10,12,14H,3-4H2,1H3,(H,22,24)/t10-,14-/m1/s1. The van der Waals surface area contributed by atoms with Crippen LogP contribution in [0.25, 0.3) is 10.9 Å². The van der Waals surface area contributed by atoms with Crippen LogP contribution in [0.4, 0.5) is 0 Å². The van der Waals surface area contributed by atoms with Crippen LogP contribution in [0, 0.1) is 17.2 Å². The van der Waals surface area contributed by atoms with E-state index in [2.05, 4.69) is 10.3 Å². The van der Waals surface area contributed by atoms with Gasteiger partial charge in [-0.2, -0.15) is 5.26 Å². The van der Waals surface area contributed by atoms with E-state index < -0.39 is 17.1 Å². The molecule has 1 saturated carbocycles. The number of hydrogen-bond acceptors (Lipinski definition) is 5. The van der Waals surface area contributed by atoms with Crippen LogP contribution >= 0.6 is 23.4 Å². The smallest absolute Gasteiger partial charge is 0.245 e. The summed E-state index contributed by atoms with van der Waals surface area (Å²) < 4.78 is 0. The van der Waals surface area contributed by atoms with Crippen LogP contribution in [0.3, 0.4) is 0 Å². The first-order valence-corrected chi connectivity index (χ1v) is 9.20. The summed E-state index contributed by atoms with van der Waals surface area (Å²) >= 11 is 7.31. The van der Waals surface area contributed by atoms with Crippen LogP contribution < -0.4 is 5.32 Å². The number of nitrogens with zero attached hydrogens (tertiary/aromatic N) is 2. The number of fused-ring (bicyclic) bond motifs is 1. The number of nitriles is 1. The van der Waals surface area contributed by atoms with Crippen molar-refractivity contribution in [2.45, 2.75) is 36.0 Å². The number of amides is 1. The van der Waals surface area contributed by atoms with E-state index in [0.717, 1.165) is 28.6 Å². The van der Waals surface area contributed by atoms with Crippen molar-refractivity contribution in [2.24, 2.45) is 5.92 Å². The van der Waals surface area contributed by atoms with Crippen LogP contribution in [0.1, 0.15) is 19.8 Å². The van der Waals surface area contributed by atoms with E-state index in [-0.39, 0.29) is 11.8 Å². The SMILES string of the molecule is C[C@@H](Sc1ccnc2cc(Cl)ccc12)C(=O)[C@@H](C#N)C(=O)NC1CC1. The number of benzene rings is 1. The Hall–Kier alpha value is -2.10. The summed E-state index contributed by atoms with van der Waals surface area (Å²) in [6.45, 7) is 1.71. The molecule has 0 spiro atoms. The minimum atomic E-state index is -1.27. The number of thioether (sulfide) groups is 1.